The highest BCUT2D eigenvalue weighted by Gasteiger charge is 2.33. The monoisotopic (exact) mass is 321 g/mol. The number of nitrogens with zero attached hydrogens (tertiary/aromatic N) is 1. The maximum atomic E-state index is 12.8. The number of carbonyl (C=O) groups is 1. The van der Waals surface area contributed by atoms with E-state index in [4.69, 9.17) is 5.11 Å². The van der Waals surface area contributed by atoms with Crippen molar-refractivity contribution in [2.75, 3.05) is 18.0 Å². The lowest BCUT2D eigenvalue weighted by Gasteiger charge is -2.38. The SMILES string of the molecule is O=C(O)C1CN(c2cccc(-c3cccc(C(F)(F)F)c3)c2)C1. The van der Waals surface area contributed by atoms with Crippen molar-refractivity contribution in [3.05, 3.63) is 54.1 Å². The van der Waals surface area contributed by atoms with Crippen LogP contribution in [0.1, 0.15) is 5.56 Å². The summed E-state index contributed by atoms with van der Waals surface area (Å²) in [6, 6.07) is 12.3. The zero-order valence-electron chi connectivity index (χ0n) is 12.0. The average molecular weight is 321 g/mol. The van der Waals surface area contributed by atoms with E-state index in [1.54, 1.807) is 24.3 Å². The third kappa shape index (κ3) is 3.16. The van der Waals surface area contributed by atoms with Gasteiger partial charge < -0.3 is 10.0 Å². The molecule has 1 N–H and O–H groups in total. The number of carboxylic acids is 1. The topological polar surface area (TPSA) is 40.5 Å². The largest absolute Gasteiger partial charge is 0.481 e. The number of alkyl halides is 3. The van der Waals surface area contributed by atoms with Crippen LogP contribution in [0.3, 0.4) is 0 Å². The normalized spacial score (nSPS) is 15.3. The zero-order valence-corrected chi connectivity index (χ0v) is 12.0. The van der Waals surface area contributed by atoms with E-state index in [1.165, 1.54) is 6.07 Å². The molecule has 0 atom stereocenters. The van der Waals surface area contributed by atoms with Crippen LogP contribution in [0.2, 0.25) is 0 Å². The average Bonchev–Trinajstić information content (AvgIpc) is 2.45. The number of rotatable bonds is 3. The summed E-state index contributed by atoms with van der Waals surface area (Å²) in [5.41, 5.74) is 1.29. The van der Waals surface area contributed by atoms with E-state index in [1.807, 2.05) is 11.0 Å². The Morgan fingerprint density at radius 3 is 2.26 bits per heavy atom. The third-order valence-corrected chi connectivity index (χ3v) is 3.97. The molecule has 0 amide bonds. The molecule has 3 rings (SSSR count). The lowest BCUT2D eigenvalue weighted by atomic mass is 9.97. The number of benzene rings is 2. The van der Waals surface area contributed by atoms with Crippen LogP contribution in [0.5, 0.6) is 0 Å². The van der Waals surface area contributed by atoms with Crippen LogP contribution < -0.4 is 4.90 Å². The first-order valence-corrected chi connectivity index (χ1v) is 7.10. The number of aliphatic carboxylic acids is 1. The van der Waals surface area contributed by atoms with Crippen molar-refractivity contribution < 1.29 is 23.1 Å². The quantitative estimate of drug-likeness (QED) is 0.932. The first-order chi connectivity index (χ1) is 10.8. The van der Waals surface area contributed by atoms with Gasteiger partial charge in [0.05, 0.1) is 11.5 Å². The lowest BCUT2D eigenvalue weighted by Crippen LogP contribution is -2.50. The van der Waals surface area contributed by atoms with Crippen LogP contribution in [0.25, 0.3) is 11.1 Å². The maximum Gasteiger partial charge on any atom is 0.416 e. The van der Waals surface area contributed by atoms with E-state index in [0.29, 0.717) is 24.2 Å². The van der Waals surface area contributed by atoms with Gasteiger partial charge in [-0.3, -0.25) is 4.79 Å². The molecule has 1 saturated heterocycles. The molecular formula is C17H14F3NO2. The second-order valence-corrected chi connectivity index (χ2v) is 5.57. The van der Waals surface area contributed by atoms with E-state index in [9.17, 15) is 18.0 Å². The molecule has 2 aromatic carbocycles. The summed E-state index contributed by atoms with van der Waals surface area (Å²) in [5, 5.41) is 8.90. The summed E-state index contributed by atoms with van der Waals surface area (Å²) in [7, 11) is 0. The summed E-state index contributed by atoms with van der Waals surface area (Å²) in [6.07, 6.45) is -4.38. The molecule has 0 aromatic heterocycles. The smallest absolute Gasteiger partial charge is 0.416 e. The summed E-state index contributed by atoms with van der Waals surface area (Å²) in [5.74, 6) is -1.21. The molecule has 0 radical (unpaired) electrons. The van der Waals surface area contributed by atoms with Crippen LogP contribution in [0, 0.1) is 5.92 Å². The molecular weight excluding hydrogens is 307 g/mol. The number of carboxylic acid groups (broad SMARTS) is 1. The van der Waals surface area contributed by atoms with E-state index >= 15 is 0 Å². The molecule has 120 valence electrons. The molecule has 3 nitrogen and oxygen atoms in total. The Kier molecular flexibility index (Phi) is 3.75. The van der Waals surface area contributed by atoms with E-state index in [2.05, 4.69) is 0 Å². The van der Waals surface area contributed by atoms with Crippen LogP contribution in [0.4, 0.5) is 18.9 Å². The molecule has 0 unspecified atom stereocenters. The molecule has 1 fully saturated rings. The van der Waals surface area contributed by atoms with Gasteiger partial charge in [-0.1, -0.05) is 24.3 Å². The van der Waals surface area contributed by atoms with Gasteiger partial charge in [-0.2, -0.15) is 13.2 Å². The number of halogens is 3. The van der Waals surface area contributed by atoms with Gasteiger partial charge in [0.25, 0.3) is 0 Å². The van der Waals surface area contributed by atoms with Gasteiger partial charge in [-0.15, -0.1) is 0 Å². The standard InChI is InChI=1S/C17H14F3NO2/c18-17(19,20)14-5-1-3-11(7-14)12-4-2-6-15(8-12)21-9-13(10-21)16(22)23/h1-8,13H,9-10H2,(H,22,23). The second kappa shape index (κ2) is 5.61. The Balaban J connectivity index is 1.85. The van der Waals surface area contributed by atoms with Crippen LogP contribution in [0.15, 0.2) is 48.5 Å². The van der Waals surface area contributed by atoms with Gasteiger partial charge in [0.15, 0.2) is 0 Å². The van der Waals surface area contributed by atoms with Gasteiger partial charge in [0.2, 0.25) is 0 Å². The molecule has 1 heterocycles. The summed E-state index contributed by atoms with van der Waals surface area (Å²) < 4.78 is 38.4. The number of anilines is 1. The number of hydrogen-bond donors (Lipinski definition) is 1. The van der Waals surface area contributed by atoms with Crippen molar-refractivity contribution in [2.45, 2.75) is 6.18 Å². The molecule has 1 aliphatic heterocycles. The van der Waals surface area contributed by atoms with Crippen molar-refractivity contribution in [3.8, 4) is 11.1 Å². The Morgan fingerprint density at radius 2 is 1.65 bits per heavy atom. The number of hydrogen-bond acceptors (Lipinski definition) is 2. The summed E-state index contributed by atoms with van der Waals surface area (Å²) in [6.45, 7) is 0.836. The molecule has 0 aliphatic carbocycles. The fourth-order valence-electron chi connectivity index (χ4n) is 2.60. The van der Waals surface area contributed by atoms with Crippen molar-refractivity contribution in [1.82, 2.24) is 0 Å². The fourth-order valence-corrected chi connectivity index (χ4v) is 2.60. The van der Waals surface area contributed by atoms with Crippen LogP contribution in [-0.4, -0.2) is 24.2 Å². The molecule has 0 bridgehead atoms. The van der Waals surface area contributed by atoms with Gasteiger partial charge in [-0.05, 0) is 35.4 Å². The highest BCUT2D eigenvalue weighted by molar-refractivity contribution is 5.76. The highest BCUT2D eigenvalue weighted by Crippen LogP contribution is 2.34. The predicted molar refractivity (Wildman–Crippen MR) is 80.2 cm³/mol. The van der Waals surface area contributed by atoms with E-state index in [0.717, 1.165) is 17.8 Å². The van der Waals surface area contributed by atoms with Crippen LogP contribution in [-0.2, 0) is 11.0 Å². The third-order valence-electron chi connectivity index (χ3n) is 3.97. The van der Waals surface area contributed by atoms with Gasteiger partial charge in [0, 0.05) is 18.8 Å². The van der Waals surface area contributed by atoms with Crippen LogP contribution >= 0.6 is 0 Å². The minimum atomic E-state index is -4.38. The lowest BCUT2D eigenvalue weighted by molar-refractivity contribution is -0.142. The van der Waals surface area contributed by atoms with Gasteiger partial charge >= 0.3 is 12.1 Å². The first kappa shape index (κ1) is 15.4. The van der Waals surface area contributed by atoms with Gasteiger partial charge in [0.1, 0.15) is 0 Å². The minimum absolute atomic E-state index is 0.382. The van der Waals surface area contributed by atoms with E-state index < -0.39 is 17.7 Å². The molecule has 0 saturated carbocycles. The summed E-state index contributed by atoms with van der Waals surface area (Å²) in [4.78, 5) is 12.7. The van der Waals surface area contributed by atoms with E-state index in [-0.39, 0.29) is 5.92 Å². The van der Waals surface area contributed by atoms with Crippen molar-refractivity contribution >= 4 is 11.7 Å². The van der Waals surface area contributed by atoms with Crippen molar-refractivity contribution in [1.29, 1.82) is 0 Å². The predicted octanol–water partition coefficient (Wildman–Crippen LogP) is 3.89. The highest BCUT2D eigenvalue weighted by atomic mass is 19.4. The second-order valence-electron chi connectivity index (χ2n) is 5.57. The Morgan fingerprint density at radius 1 is 1.04 bits per heavy atom. The maximum absolute atomic E-state index is 12.8. The molecule has 0 spiro atoms. The molecule has 2 aromatic rings. The first-order valence-electron chi connectivity index (χ1n) is 7.10. The fraction of sp³-hybridized carbons (Fsp3) is 0.235. The van der Waals surface area contributed by atoms with Crippen molar-refractivity contribution in [3.63, 3.8) is 0 Å². The molecule has 1 aliphatic rings. The van der Waals surface area contributed by atoms with Gasteiger partial charge in [-0.25, -0.2) is 0 Å². The molecule has 6 heteroatoms. The minimum Gasteiger partial charge on any atom is -0.481 e. The summed E-state index contributed by atoms with van der Waals surface area (Å²) >= 11 is 0. The Labute approximate surface area is 131 Å². The zero-order chi connectivity index (χ0) is 16.6. The van der Waals surface area contributed by atoms with Crippen molar-refractivity contribution in [2.24, 2.45) is 5.92 Å². The Bertz CT molecular complexity index is 737. The Hall–Kier alpha value is -2.50. The molecule has 23 heavy (non-hydrogen) atoms.